The minimum atomic E-state index is -0.786. The van der Waals surface area contributed by atoms with Crippen molar-refractivity contribution in [1.82, 2.24) is 0 Å². The van der Waals surface area contributed by atoms with Crippen LogP contribution >= 0.6 is 0 Å². The van der Waals surface area contributed by atoms with Crippen LogP contribution < -0.4 is 0 Å². The highest BCUT2D eigenvalue weighted by Gasteiger charge is 2.49. The van der Waals surface area contributed by atoms with Crippen LogP contribution in [0.5, 0.6) is 11.5 Å². The van der Waals surface area contributed by atoms with Gasteiger partial charge in [-0.05, 0) is 76.8 Å². The van der Waals surface area contributed by atoms with E-state index in [9.17, 15) is 30.0 Å². The Morgan fingerprint density at radius 1 is 0.933 bits per heavy atom. The molecule has 1 aromatic rings. The number of phenols is 2. The van der Waals surface area contributed by atoms with Crippen LogP contribution in [-0.2, 0) is 22.4 Å². The van der Waals surface area contributed by atoms with Gasteiger partial charge in [0.25, 0.3) is 0 Å². The molecule has 30 heavy (non-hydrogen) atoms. The van der Waals surface area contributed by atoms with Crippen molar-refractivity contribution in [2.24, 2.45) is 10.8 Å². The molecule has 0 aliphatic heterocycles. The summed E-state index contributed by atoms with van der Waals surface area (Å²) in [5.41, 5.74) is 0.613. The molecule has 0 bridgehead atoms. The van der Waals surface area contributed by atoms with Gasteiger partial charge in [-0.1, -0.05) is 31.7 Å². The number of benzene rings is 1. The monoisotopic (exact) mass is 420 g/mol. The van der Waals surface area contributed by atoms with E-state index in [2.05, 4.69) is 0 Å². The Labute approximate surface area is 178 Å². The van der Waals surface area contributed by atoms with Crippen molar-refractivity contribution in [2.45, 2.75) is 90.9 Å². The van der Waals surface area contributed by atoms with Gasteiger partial charge in [-0.15, -0.1) is 0 Å². The third-order valence-corrected chi connectivity index (χ3v) is 6.57. The molecule has 0 saturated heterocycles. The van der Waals surface area contributed by atoms with Crippen LogP contribution in [0.2, 0.25) is 0 Å². The molecule has 0 atom stereocenters. The van der Waals surface area contributed by atoms with Gasteiger partial charge in [-0.25, -0.2) is 0 Å². The third kappa shape index (κ3) is 6.38. The molecule has 2 rings (SSSR count). The van der Waals surface area contributed by atoms with E-state index in [-0.39, 0.29) is 11.5 Å². The Kier molecular flexibility index (Phi) is 8.16. The molecule has 0 radical (unpaired) electrons. The maximum Gasteiger partial charge on any atom is 0.309 e. The van der Waals surface area contributed by atoms with Crippen molar-refractivity contribution < 1.29 is 30.0 Å². The predicted molar refractivity (Wildman–Crippen MR) is 115 cm³/mol. The lowest BCUT2D eigenvalue weighted by atomic mass is 9.86. The first-order valence-corrected chi connectivity index (χ1v) is 11.1. The number of unbranched alkanes of at least 4 members (excludes halogenated alkanes) is 4. The average Bonchev–Trinajstić information content (AvgIpc) is 3.47. The molecule has 0 heterocycles. The van der Waals surface area contributed by atoms with Crippen LogP contribution in [0.15, 0.2) is 12.1 Å². The normalized spacial score (nSPS) is 15.1. The first kappa shape index (κ1) is 24.0. The molecule has 6 nitrogen and oxygen atoms in total. The zero-order valence-corrected chi connectivity index (χ0v) is 18.2. The molecule has 1 aliphatic rings. The van der Waals surface area contributed by atoms with Gasteiger partial charge in [-0.2, -0.15) is 0 Å². The maximum atomic E-state index is 11.2. The first-order valence-electron chi connectivity index (χ1n) is 11.1. The molecule has 1 aromatic carbocycles. The van der Waals surface area contributed by atoms with E-state index < -0.39 is 22.8 Å². The van der Waals surface area contributed by atoms with Crippen LogP contribution in [0.25, 0.3) is 0 Å². The molecular formula is C24H36O6. The topological polar surface area (TPSA) is 115 Å². The van der Waals surface area contributed by atoms with Crippen molar-refractivity contribution >= 4 is 11.9 Å². The average molecular weight is 421 g/mol. The van der Waals surface area contributed by atoms with Gasteiger partial charge in [0, 0.05) is 5.56 Å². The van der Waals surface area contributed by atoms with Gasteiger partial charge < -0.3 is 20.4 Å². The summed E-state index contributed by atoms with van der Waals surface area (Å²) < 4.78 is 0. The minimum Gasteiger partial charge on any atom is -0.504 e. The van der Waals surface area contributed by atoms with Gasteiger partial charge in [-0.3, -0.25) is 9.59 Å². The smallest absolute Gasteiger partial charge is 0.309 e. The standard InChI is InChI=1S/C24H36O6/c1-23(2,21(27)28)13-7-4-6-10-18-17(11-12-19(25)20(18)26)9-5-3-8-14-24(15-16-24)22(29)30/h11-12,25-26H,3-10,13-16H2,1-2H3,(H,27,28)(H,29,30). The number of hydrogen-bond acceptors (Lipinski definition) is 4. The summed E-state index contributed by atoms with van der Waals surface area (Å²) in [4.78, 5) is 22.4. The van der Waals surface area contributed by atoms with E-state index in [0.717, 1.165) is 75.3 Å². The molecule has 0 spiro atoms. The summed E-state index contributed by atoms with van der Waals surface area (Å²) in [6.45, 7) is 3.46. The summed E-state index contributed by atoms with van der Waals surface area (Å²) in [6.07, 6.45) is 9.61. The Morgan fingerprint density at radius 3 is 2.17 bits per heavy atom. The lowest BCUT2D eigenvalue weighted by Crippen LogP contribution is -2.23. The number of aryl methyl sites for hydroxylation is 1. The van der Waals surface area contributed by atoms with Gasteiger partial charge in [0.1, 0.15) is 0 Å². The highest BCUT2D eigenvalue weighted by Crippen LogP contribution is 2.50. The number of carboxylic acids is 2. The zero-order chi connectivity index (χ0) is 22.4. The van der Waals surface area contributed by atoms with Crippen LogP contribution in [0.3, 0.4) is 0 Å². The second kappa shape index (κ2) is 10.2. The highest BCUT2D eigenvalue weighted by molar-refractivity contribution is 5.77. The van der Waals surface area contributed by atoms with Crippen molar-refractivity contribution in [3.05, 3.63) is 23.3 Å². The molecular weight excluding hydrogens is 384 g/mol. The first-order chi connectivity index (χ1) is 14.1. The summed E-state index contributed by atoms with van der Waals surface area (Å²) in [5.74, 6) is -1.62. The van der Waals surface area contributed by atoms with E-state index in [0.29, 0.717) is 12.8 Å². The molecule has 6 heteroatoms. The van der Waals surface area contributed by atoms with Crippen LogP contribution in [0, 0.1) is 10.8 Å². The largest absolute Gasteiger partial charge is 0.504 e. The number of aliphatic carboxylic acids is 2. The molecule has 168 valence electrons. The number of aromatic hydroxyl groups is 2. The SMILES string of the molecule is CC(C)(CCCCCc1c(CCCCCC2(C(=O)O)CC2)ccc(O)c1O)C(=O)O. The number of carbonyl (C=O) groups is 2. The summed E-state index contributed by atoms with van der Waals surface area (Å²) in [6, 6.07) is 3.38. The second-order valence-corrected chi connectivity index (χ2v) is 9.47. The summed E-state index contributed by atoms with van der Waals surface area (Å²) >= 11 is 0. The van der Waals surface area contributed by atoms with E-state index >= 15 is 0 Å². The fourth-order valence-corrected chi connectivity index (χ4v) is 4.01. The van der Waals surface area contributed by atoms with Crippen molar-refractivity contribution in [3.63, 3.8) is 0 Å². The van der Waals surface area contributed by atoms with Gasteiger partial charge >= 0.3 is 11.9 Å². The van der Waals surface area contributed by atoms with E-state index in [1.165, 1.54) is 6.07 Å². The zero-order valence-electron chi connectivity index (χ0n) is 18.2. The Balaban J connectivity index is 1.80. The highest BCUT2D eigenvalue weighted by atomic mass is 16.4. The maximum absolute atomic E-state index is 11.2. The van der Waals surface area contributed by atoms with E-state index in [4.69, 9.17) is 0 Å². The van der Waals surface area contributed by atoms with Gasteiger partial charge in [0.2, 0.25) is 0 Å². The quantitative estimate of drug-likeness (QED) is 0.240. The van der Waals surface area contributed by atoms with E-state index in [1.807, 2.05) is 6.07 Å². The summed E-state index contributed by atoms with van der Waals surface area (Å²) in [7, 11) is 0. The molecule has 0 unspecified atom stereocenters. The molecule has 1 saturated carbocycles. The molecule has 0 amide bonds. The van der Waals surface area contributed by atoms with Crippen LogP contribution in [-0.4, -0.2) is 32.4 Å². The lowest BCUT2D eigenvalue weighted by Gasteiger charge is -2.18. The number of rotatable bonds is 14. The fourth-order valence-electron chi connectivity index (χ4n) is 4.01. The van der Waals surface area contributed by atoms with Crippen LogP contribution in [0.1, 0.15) is 89.2 Å². The predicted octanol–water partition coefficient (Wildman–Crippen LogP) is 5.28. The van der Waals surface area contributed by atoms with Gasteiger partial charge in [0.15, 0.2) is 11.5 Å². The van der Waals surface area contributed by atoms with Crippen LogP contribution in [0.4, 0.5) is 0 Å². The number of phenolic OH excluding ortho intramolecular Hbond substituents is 2. The molecule has 4 N–H and O–H groups in total. The lowest BCUT2D eigenvalue weighted by molar-refractivity contribution is -0.147. The number of carboxylic acid groups (broad SMARTS) is 2. The fraction of sp³-hybridized carbons (Fsp3) is 0.667. The third-order valence-electron chi connectivity index (χ3n) is 6.57. The van der Waals surface area contributed by atoms with Crippen molar-refractivity contribution in [1.29, 1.82) is 0 Å². The van der Waals surface area contributed by atoms with E-state index in [1.54, 1.807) is 13.8 Å². The van der Waals surface area contributed by atoms with Gasteiger partial charge in [0.05, 0.1) is 10.8 Å². The molecule has 0 aromatic heterocycles. The molecule has 1 fully saturated rings. The molecule has 1 aliphatic carbocycles. The second-order valence-electron chi connectivity index (χ2n) is 9.47. The Bertz CT molecular complexity index is 748. The Morgan fingerprint density at radius 2 is 1.57 bits per heavy atom. The van der Waals surface area contributed by atoms with Crippen molar-refractivity contribution in [2.75, 3.05) is 0 Å². The Hall–Kier alpha value is -2.24. The minimum absolute atomic E-state index is 0.0545. The summed E-state index contributed by atoms with van der Waals surface area (Å²) in [5, 5.41) is 38.6. The number of hydrogen-bond donors (Lipinski definition) is 4. The van der Waals surface area contributed by atoms with Crippen molar-refractivity contribution in [3.8, 4) is 11.5 Å².